The van der Waals surface area contributed by atoms with E-state index in [1.807, 2.05) is 0 Å². The van der Waals surface area contributed by atoms with E-state index >= 15 is 0 Å². The number of hydrogen-bond donors (Lipinski definition) is 1. The van der Waals surface area contributed by atoms with Crippen LogP contribution in [0.25, 0.3) is 0 Å². The van der Waals surface area contributed by atoms with E-state index in [2.05, 4.69) is 5.32 Å². The molecule has 34 heavy (non-hydrogen) atoms. The van der Waals surface area contributed by atoms with Crippen molar-refractivity contribution in [3.8, 4) is 0 Å². The maximum absolute atomic E-state index is 13.4. The van der Waals surface area contributed by atoms with Gasteiger partial charge >= 0.3 is 0 Å². The van der Waals surface area contributed by atoms with Crippen LogP contribution in [0.1, 0.15) is 0 Å². The van der Waals surface area contributed by atoms with E-state index in [-0.39, 0.29) is 20.6 Å². The minimum atomic E-state index is -4.15. The topological polar surface area (TPSA) is 104 Å². The molecule has 0 spiro atoms. The zero-order chi connectivity index (χ0) is 25.1. The summed E-state index contributed by atoms with van der Waals surface area (Å²) in [6.07, 6.45) is 1.06. The summed E-state index contributed by atoms with van der Waals surface area (Å²) in [6.45, 7) is -0.583. The number of anilines is 3. The van der Waals surface area contributed by atoms with Crippen LogP contribution in [0.15, 0.2) is 77.7 Å². The highest BCUT2D eigenvalue weighted by molar-refractivity contribution is 7.93. The number of sulfonamides is 2. The second kappa shape index (κ2) is 10.2. The summed E-state index contributed by atoms with van der Waals surface area (Å²) in [5.74, 6) is -0.658. The number of carbonyl (C=O) groups is 1. The van der Waals surface area contributed by atoms with Crippen LogP contribution in [0.2, 0.25) is 10.0 Å². The first-order chi connectivity index (χ1) is 15.9. The fourth-order valence-corrected chi connectivity index (χ4v) is 5.46. The van der Waals surface area contributed by atoms with Gasteiger partial charge in [-0.05, 0) is 48.5 Å². The van der Waals surface area contributed by atoms with E-state index in [1.165, 1.54) is 43.4 Å². The molecule has 0 unspecified atom stereocenters. The standard InChI is InChI=1S/C22H21Cl2N3O5S2/c1-26(33(2,29)30)19-8-6-7-18(14-19)25-22(28)15-27(20-12-16(23)11-17(24)13-20)34(31,32)21-9-4-3-5-10-21/h3-14H,15H2,1-2H3,(H,25,28). The molecule has 8 nitrogen and oxygen atoms in total. The van der Waals surface area contributed by atoms with E-state index in [0.29, 0.717) is 11.4 Å². The molecule has 3 aromatic carbocycles. The molecule has 0 atom stereocenters. The Balaban J connectivity index is 1.94. The predicted molar refractivity (Wildman–Crippen MR) is 136 cm³/mol. The smallest absolute Gasteiger partial charge is 0.264 e. The van der Waals surface area contributed by atoms with Gasteiger partial charge in [-0.15, -0.1) is 0 Å². The van der Waals surface area contributed by atoms with Crippen LogP contribution in [0, 0.1) is 0 Å². The van der Waals surface area contributed by atoms with Gasteiger partial charge < -0.3 is 5.32 Å². The zero-order valence-corrected chi connectivity index (χ0v) is 21.3. The fraction of sp³-hybridized carbons (Fsp3) is 0.136. The summed E-state index contributed by atoms with van der Waals surface area (Å²) in [5, 5.41) is 3.01. The highest BCUT2D eigenvalue weighted by Crippen LogP contribution is 2.30. The minimum absolute atomic E-state index is 0.0179. The van der Waals surface area contributed by atoms with Gasteiger partial charge in [0.05, 0.1) is 22.5 Å². The SMILES string of the molecule is CN(c1cccc(NC(=O)CN(c2cc(Cl)cc(Cl)c2)S(=O)(=O)c2ccccc2)c1)S(C)(=O)=O. The molecule has 0 aliphatic heterocycles. The van der Waals surface area contributed by atoms with Crippen LogP contribution < -0.4 is 13.9 Å². The quantitative estimate of drug-likeness (QED) is 0.459. The second-order valence-corrected chi connectivity index (χ2v) is 12.0. The van der Waals surface area contributed by atoms with Crippen LogP contribution in [0.3, 0.4) is 0 Å². The molecule has 0 heterocycles. The second-order valence-electron chi connectivity index (χ2n) is 7.28. The largest absolute Gasteiger partial charge is 0.324 e. The number of halogens is 2. The molecule has 0 saturated carbocycles. The third-order valence-electron chi connectivity index (χ3n) is 4.74. The molecule has 1 N–H and O–H groups in total. The molecule has 180 valence electrons. The lowest BCUT2D eigenvalue weighted by atomic mass is 10.2. The summed E-state index contributed by atoms with van der Waals surface area (Å²) in [7, 11) is -6.27. The zero-order valence-electron chi connectivity index (χ0n) is 18.1. The van der Waals surface area contributed by atoms with Crippen molar-refractivity contribution in [1.29, 1.82) is 0 Å². The summed E-state index contributed by atoms with van der Waals surface area (Å²) in [6, 6.07) is 18.0. The van der Waals surface area contributed by atoms with Crippen LogP contribution in [-0.4, -0.2) is 42.6 Å². The Morgan fingerprint density at radius 1 is 0.853 bits per heavy atom. The van der Waals surface area contributed by atoms with Crippen molar-refractivity contribution >= 4 is 66.2 Å². The van der Waals surface area contributed by atoms with Gasteiger partial charge in [0, 0.05) is 22.8 Å². The normalized spacial score (nSPS) is 11.6. The number of nitrogens with one attached hydrogen (secondary N) is 1. The van der Waals surface area contributed by atoms with Gasteiger partial charge in [0.15, 0.2) is 0 Å². The van der Waals surface area contributed by atoms with Gasteiger partial charge in [-0.3, -0.25) is 13.4 Å². The Morgan fingerprint density at radius 3 is 2.06 bits per heavy atom. The van der Waals surface area contributed by atoms with Gasteiger partial charge in [-0.25, -0.2) is 16.8 Å². The molecular formula is C22H21Cl2N3O5S2. The molecule has 12 heteroatoms. The van der Waals surface area contributed by atoms with E-state index in [9.17, 15) is 21.6 Å². The molecule has 0 bridgehead atoms. The van der Waals surface area contributed by atoms with Crippen LogP contribution in [0.4, 0.5) is 17.1 Å². The Bertz CT molecular complexity index is 1400. The van der Waals surface area contributed by atoms with Gasteiger partial charge in [0.25, 0.3) is 10.0 Å². The van der Waals surface area contributed by atoms with Gasteiger partial charge in [-0.2, -0.15) is 0 Å². The van der Waals surface area contributed by atoms with Crippen LogP contribution in [0.5, 0.6) is 0 Å². The fourth-order valence-electron chi connectivity index (χ4n) is 3.02. The third-order valence-corrected chi connectivity index (χ3v) is 8.17. The molecule has 3 aromatic rings. The Hall–Kier alpha value is -2.79. The van der Waals surface area contributed by atoms with Crippen molar-refractivity contribution in [3.63, 3.8) is 0 Å². The Labute approximate surface area is 208 Å². The van der Waals surface area contributed by atoms with Crippen LogP contribution >= 0.6 is 23.2 Å². The van der Waals surface area contributed by atoms with Crippen LogP contribution in [-0.2, 0) is 24.8 Å². The van der Waals surface area contributed by atoms with Crippen molar-refractivity contribution in [2.24, 2.45) is 0 Å². The number of rotatable bonds is 8. The molecule has 1 amide bonds. The molecule has 0 fully saturated rings. The minimum Gasteiger partial charge on any atom is -0.324 e. The number of benzene rings is 3. The van der Waals surface area contributed by atoms with Crippen molar-refractivity contribution in [2.75, 3.05) is 33.8 Å². The average Bonchev–Trinajstić information content (AvgIpc) is 2.76. The molecular weight excluding hydrogens is 521 g/mol. The molecule has 0 aliphatic carbocycles. The number of nitrogens with zero attached hydrogens (tertiary/aromatic N) is 2. The molecule has 3 rings (SSSR count). The van der Waals surface area contributed by atoms with Gasteiger partial charge in [0.1, 0.15) is 6.54 Å². The molecule has 0 aromatic heterocycles. The lowest BCUT2D eigenvalue weighted by molar-refractivity contribution is -0.114. The van der Waals surface area contributed by atoms with Crippen molar-refractivity contribution in [1.82, 2.24) is 0 Å². The number of carbonyl (C=O) groups excluding carboxylic acids is 1. The first-order valence-corrected chi connectivity index (χ1v) is 13.8. The number of hydrogen-bond acceptors (Lipinski definition) is 5. The lowest BCUT2D eigenvalue weighted by Gasteiger charge is -2.24. The Kier molecular flexibility index (Phi) is 7.77. The van der Waals surface area contributed by atoms with E-state index in [0.717, 1.165) is 14.9 Å². The van der Waals surface area contributed by atoms with Gasteiger partial charge in [-0.1, -0.05) is 47.5 Å². The molecule has 0 radical (unpaired) electrons. The van der Waals surface area contributed by atoms with Crippen molar-refractivity contribution in [2.45, 2.75) is 4.90 Å². The summed E-state index contributed by atoms with van der Waals surface area (Å²) in [4.78, 5) is 12.9. The summed E-state index contributed by atoms with van der Waals surface area (Å²) < 4.78 is 52.4. The molecule has 0 saturated heterocycles. The van der Waals surface area contributed by atoms with E-state index in [1.54, 1.807) is 36.4 Å². The highest BCUT2D eigenvalue weighted by atomic mass is 35.5. The first kappa shape index (κ1) is 25.8. The average molecular weight is 542 g/mol. The molecule has 0 aliphatic rings. The van der Waals surface area contributed by atoms with Crippen molar-refractivity contribution < 1.29 is 21.6 Å². The van der Waals surface area contributed by atoms with Gasteiger partial charge in [0.2, 0.25) is 15.9 Å². The van der Waals surface area contributed by atoms with E-state index < -0.39 is 32.5 Å². The monoisotopic (exact) mass is 541 g/mol. The predicted octanol–water partition coefficient (Wildman–Crippen LogP) is 4.22. The maximum Gasteiger partial charge on any atom is 0.264 e. The number of amides is 1. The van der Waals surface area contributed by atoms with E-state index in [4.69, 9.17) is 23.2 Å². The maximum atomic E-state index is 13.4. The first-order valence-electron chi connectivity index (χ1n) is 9.75. The Morgan fingerprint density at radius 2 is 1.47 bits per heavy atom. The third kappa shape index (κ3) is 6.20. The highest BCUT2D eigenvalue weighted by Gasteiger charge is 2.28. The van der Waals surface area contributed by atoms with Crippen molar-refractivity contribution in [3.05, 3.63) is 82.8 Å². The lowest BCUT2D eigenvalue weighted by Crippen LogP contribution is -2.38. The summed E-state index contributed by atoms with van der Waals surface area (Å²) in [5.41, 5.74) is 0.733. The summed E-state index contributed by atoms with van der Waals surface area (Å²) >= 11 is 12.2.